The molecule has 1 saturated carbocycles. The number of ether oxygens (including phenoxy) is 1. The van der Waals surface area contributed by atoms with E-state index in [2.05, 4.69) is 5.32 Å². The van der Waals surface area contributed by atoms with Crippen LogP contribution in [0.5, 0.6) is 5.75 Å². The maximum Gasteiger partial charge on any atom is 0.244 e. The highest BCUT2D eigenvalue weighted by molar-refractivity contribution is 7.92. The molecule has 36 heavy (non-hydrogen) atoms. The zero-order valence-electron chi connectivity index (χ0n) is 20.9. The van der Waals surface area contributed by atoms with Crippen LogP contribution in [0.3, 0.4) is 0 Å². The van der Waals surface area contributed by atoms with E-state index in [0.717, 1.165) is 36.2 Å². The topological polar surface area (TPSA) is 96.0 Å². The van der Waals surface area contributed by atoms with Gasteiger partial charge in [0, 0.05) is 12.6 Å². The Kier molecular flexibility index (Phi) is 9.31. The SMILES string of the molecule is CCOc1ccc(N(CC(=O)N(Cc2ccc(F)cc2)[C@@H](C)C(=O)NC2CCCC2)S(C)(=O)=O)cc1. The highest BCUT2D eigenvalue weighted by atomic mass is 32.2. The lowest BCUT2D eigenvalue weighted by molar-refractivity contribution is -0.139. The number of nitrogens with one attached hydrogen (secondary N) is 1. The molecule has 0 aliphatic heterocycles. The van der Waals surface area contributed by atoms with Crippen molar-refractivity contribution in [3.8, 4) is 5.75 Å². The van der Waals surface area contributed by atoms with Crippen molar-refractivity contribution in [3.63, 3.8) is 0 Å². The van der Waals surface area contributed by atoms with Crippen LogP contribution in [0.25, 0.3) is 0 Å². The molecule has 0 unspecified atom stereocenters. The number of hydrogen-bond acceptors (Lipinski definition) is 5. The molecule has 0 saturated heterocycles. The Morgan fingerprint density at radius 2 is 1.69 bits per heavy atom. The van der Waals surface area contributed by atoms with Crippen LogP contribution in [0, 0.1) is 5.82 Å². The van der Waals surface area contributed by atoms with E-state index in [1.165, 1.54) is 29.2 Å². The number of carbonyl (C=O) groups excluding carboxylic acids is 2. The summed E-state index contributed by atoms with van der Waals surface area (Å²) in [5, 5.41) is 3.00. The van der Waals surface area contributed by atoms with Gasteiger partial charge in [-0.05, 0) is 68.7 Å². The van der Waals surface area contributed by atoms with E-state index in [1.807, 2.05) is 6.92 Å². The van der Waals surface area contributed by atoms with Gasteiger partial charge in [-0.3, -0.25) is 13.9 Å². The second kappa shape index (κ2) is 12.2. The van der Waals surface area contributed by atoms with Gasteiger partial charge in [-0.2, -0.15) is 0 Å². The predicted octanol–water partition coefficient (Wildman–Crippen LogP) is 3.47. The highest BCUT2D eigenvalue weighted by Gasteiger charge is 2.31. The Balaban J connectivity index is 1.85. The summed E-state index contributed by atoms with van der Waals surface area (Å²) >= 11 is 0. The van der Waals surface area contributed by atoms with Crippen LogP contribution in [0.15, 0.2) is 48.5 Å². The van der Waals surface area contributed by atoms with E-state index in [1.54, 1.807) is 31.2 Å². The summed E-state index contributed by atoms with van der Waals surface area (Å²) in [6.07, 6.45) is 4.90. The van der Waals surface area contributed by atoms with Gasteiger partial charge in [-0.25, -0.2) is 12.8 Å². The number of sulfonamides is 1. The van der Waals surface area contributed by atoms with E-state index in [-0.39, 0.29) is 18.5 Å². The Hall–Kier alpha value is -3.14. The fourth-order valence-electron chi connectivity index (χ4n) is 4.25. The average molecular weight is 520 g/mol. The highest BCUT2D eigenvalue weighted by Crippen LogP contribution is 2.23. The molecule has 10 heteroatoms. The lowest BCUT2D eigenvalue weighted by Crippen LogP contribution is -2.52. The zero-order chi connectivity index (χ0) is 26.3. The smallest absolute Gasteiger partial charge is 0.244 e. The minimum Gasteiger partial charge on any atom is -0.494 e. The molecule has 0 radical (unpaired) electrons. The summed E-state index contributed by atoms with van der Waals surface area (Å²) in [4.78, 5) is 27.9. The number of carbonyl (C=O) groups is 2. The first-order chi connectivity index (χ1) is 17.1. The van der Waals surface area contributed by atoms with Gasteiger partial charge >= 0.3 is 0 Å². The van der Waals surface area contributed by atoms with E-state index in [9.17, 15) is 22.4 Å². The van der Waals surface area contributed by atoms with Crippen molar-refractivity contribution in [1.29, 1.82) is 0 Å². The van der Waals surface area contributed by atoms with Crippen molar-refractivity contribution in [2.24, 2.45) is 0 Å². The number of halogens is 1. The Bertz CT molecular complexity index is 1130. The maximum atomic E-state index is 13.5. The maximum absolute atomic E-state index is 13.5. The molecule has 2 aromatic carbocycles. The molecule has 1 fully saturated rings. The van der Waals surface area contributed by atoms with Crippen molar-refractivity contribution < 1.29 is 27.1 Å². The quantitative estimate of drug-likeness (QED) is 0.491. The van der Waals surface area contributed by atoms with Gasteiger partial charge in [0.15, 0.2) is 0 Å². The second-order valence-corrected chi connectivity index (χ2v) is 10.9. The molecule has 1 aliphatic rings. The minimum absolute atomic E-state index is 0.0270. The van der Waals surface area contributed by atoms with Crippen LogP contribution < -0.4 is 14.4 Å². The van der Waals surface area contributed by atoms with Gasteiger partial charge in [0.1, 0.15) is 24.2 Å². The van der Waals surface area contributed by atoms with E-state index in [4.69, 9.17) is 4.74 Å². The minimum atomic E-state index is -3.82. The van der Waals surface area contributed by atoms with Crippen LogP contribution in [0.1, 0.15) is 45.1 Å². The molecular weight excluding hydrogens is 485 g/mol. The summed E-state index contributed by atoms with van der Waals surface area (Å²) in [6.45, 7) is 3.46. The van der Waals surface area contributed by atoms with Crippen LogP contribution >= 0.6 is 0 Å². The summed E-state index contributed by atoms with van der Waals surface area (Å²) < 4.78 is 45.1. The summed E-state index contributed by atoms with van der Waals surface area (Å²) in [6, 6.07) is 11.3. The number of nitrogens with zero attached hydrogens (tertiary/aromatic N) is 2. The number of rotatable bonds is 11. The molecule has 0 bridgehead atoms. The molecule has 0 aromatic heterocycles. The van der Waals surface area contributed by atoms with Crippen LogP contribution in [0.4, 0.5) is 10.1 Å². The first kappa shape index (κ1) is 27.4. The van der Waals surface area contributed by atoms with Crippen molar-refractivity contribution >= 4 is 27.5 Å². The molecule has 2 aromatic rings. The van der Waals surface area contributed by atoms with Gasteiger partial charge < -0.3 is 15.0 Å². The van der Waals surface area contributed by atoms with Crippen molar-refractivity contribution in [2.45, 2.75) is 58.2 Å². The molecule has 0 spiro atoms. The van der Waals surface area contributed by atoms with Crippen LogP contribution in [0.2, 0.25) is 0 Å². The van der Waals surface area contributed by atoms with Crippen molar-refractivity contribution in [2.75, 3.05) is 23.7 Å². The molecule has 1 N–H and O–H groups in total. The molecule has 1 aliphatic carbocycles. The predicted molar refractivity (Wildman–Crippen MR) is 137 cm³/mol. The number of anilines is 1. The van der Waals surface area contributed by atoms with Gasteiger partial charge in [0.05, 0.1) is 18.6 Å². The van der Waals surface area contributed by atoms with Crippen molar-refractivity contribution in [1.82, 2.24) is 10.2 Å². The normalized spacial score (nSPS) is 14.8. The zero-order valence-corrected chi connectivity index (χ0v) is 21.8. The number of amides is 2. The summed E-state index contributed by atoms with van der Waals surface area (Å²) in [5.41, 5.74) is 0.927. The molecular formula is C26H34FN3O5S. The third-order valence-corrected chi connectivity index (χ3v) is 7.39. The van der Waals surface area contributed by atoms with E-state index < -0.39 is 34.3 Å². The second-order valence-electron chi connectivity index (χ2n) is 9.01. The van der Waals surface area contributed by atoms with Crippen LogP contribution in [-0.4, -0.2) is 56.6 Å². The lowest BCUT2D eigenvalue weighted by atomic mass is 10.1. The van der Waals surface area contributed by atoms with E-state index in [0.29, 0.717) is 23.6 Å². The standard InChI is InChI=1S/C26H34FN3O5S/c1-4-35-24-15-13-23(14-16-24)30(36(3,33)34)18-25(31)29(17-20-9-11-21(27)12-10-20)19(2)26(32)28-22-7-5-6-8-22/h9-16,19,22H,4-8,17-18H2,1-3H3,(H,28,32)/t19-/m0/s1. The fourth-order valence-corrected chi connectivity index (χ4v) is 5.10. The van der Waals surface area contributed by atoms with Gasteiger partial charge in [-0.1, -0.05) is 25.0 Å². The number of hydrogen-bond donors (Lipinski definition) is 1. The van der Waals surface area contributed by atoms with Gasteiger partial charge in [-0.15, -0.1) is 0 Å². The lowest BCUT2D eigenvalue weighted by Gasteiger charge is -2.32. The van der Waals surface area contributed by atoms with E-state index >= 15 is 0 Å². The first-order valence-electron chi connectivity index (χ1n) is 12.1. The summed E-state index contributed by atoms with van der Waals surface area (Å²) in [5.74, 6) is -0.685. The Morgan fingerprint density at radius 1 is 1.08 bits per heavy atom. The fraction of sp³-hybridized carbons (Fsp3) is 0.462. The Labute approximate surface area is 212 Å². The van der Waals surface area contributed by atoms with Gasteiger partial charge in [0.25, 0.3) is 0 Å². The molecule has 0 heterocycles. The average Bonchev–Trinajstić information content (AvgIpc) is 3.35. The number of benzene rings is 2. The third-order valence-electron chi connectivity index (χ3n) is 6.25. The van der Waals surface area contributed by atoms with Crippen LogP contribution in [-0.2, 0) is 26.2 Å². The molecule has 1 atom stereocenters. The third kappa shape index (κ3) is 7.43. The monoisotopic (exact) mass is 519 g/mol. The molecule has 2 amide bonds. The molecule has 196 valence electrons. The summed E-state index contributed by atoms with van der Waals surface area (Å²) in [7, 11) is -3.82. The van der Waals surface area contributed by atoms with Gasteiger partial charge in [0.2, 0.25) is 21.8 Å². The first-order valence-corrected chi connectivity index (χ1v) is 14.0. The van der Waals surface area contributed by atoms with Crippen molar-refractivity contribution in [3.05, 3.63) is 59.9 Å². The Morgan fingerprint density at radius 3 is 2.25 bits per heavy atom. The largest absolute Gasteiger partial charge is 0.494 e. The molecule has 8 nitrogen and oxygen atoms in total. The molecule has 3 rings (SSSR count).